The first kappa shape index (κ1) is 19.7. The van der Waals surface area contributed by atoms with E-state index in [-0.39, 0.29) is 5.91 Å². The van der Waals surface area contributed by atoms with Crippen molar-refractivity contribution in [2.45, 2.75) is 19.9 Å². The molecule has 0 radical (unpaired) electrons. The van der Waals surface area contributed by atoms with Crippen molar-refractivity contribution in [3.63, 3.8) is 0 Å². The molecule has 5 heteroatoms. The molecule has 3 rings (SSSR count). The summed E-state index contributed by atoms with van der Waals surface area (Å²) in [5.74, 6) is 0.696. The number of benzene rings is 2. The Labute approximate surface area is 167 Å². The Balaban J connectivity index is 1.52. The second-order valence-corrected chi connectivity index (χ2v) is 7.90. The minimum absolute atomic E-state index is 0.224. The average Bonchev–Trinajstić information content (AvgIpc) is 2.69. The minimum atomic E-state index is 0.224. The van der Waals surface area contributed by atoms with Gasteiger partial charge in [0.1, 0.15) is 6.04 Å². The molecule has 2 aromatic carbocycles. The Hall–Kier alpha value is -2.04. The number of rotatable bonds is 6. The molecule has 2 aromatic rings. The summed E-state index contributed by atoms with van der Waals surface area (Å²) in [6.45, 7) is 8.13. The van der Waals surface area contributed by atoms with Crippen LogP contribution < -0.4 is 10.2 Å². The zero-order valence-corrected chi connectivity index (χ0v) is 16.9. The summed E-state index contributed by atoms with van der Waals surface area (Å²) in [6, 6.07) is 18.7. The van der Waals surface area contributed by atoms with E-state index in [2.05, 4.69) is 54.4 Å². The first-order chi connectivity index (χ1) is 13.0. The van der Waals surface area contributed by atoms with Gasteiger partial charge in [0.2, 0.25) is 0 Å². The third-order valence-corrected chi connectivity index (χ3v) is 5.49. The fraction of sp³-hybridized carbons (Fsp3) is 0.409. The van der Waals surface area contributed by atoms with Crippen molar-refractivity contribution in [3.8, 4) is 0 Å². The molecule has 0 bridgehead atoms. The van der Waals surface area contributed by atoms with Gasteiger partial charge in [0.05, 0.1) is 0 Å². The van der Waals surface area contributed by atoms with Crippen molar-refractivity contribution < 1.29 is 10.1 Å². The van der Waals surface area contributed by atoms with E-state index in [1.165, 1.54) is 5.56 Å². The smallest absolute Gasteiger partial charge is 0.277 e. The van der Waals surface area contributed by atoms with E-state index in [0.717, 1.165) is 36.9 Å². The molecule has 4 nitrogen and oxygen atoms in total. The lowest BCUT2D eigenvalue weighted by molar-refractivity contribution is -0.692. The van der Waals surface area contributed by atoms with Gasteiger partial charge in [-0.3, -0.25) is 4.79 Å². The number of anilines is 1. The number of hydrogen-bond acceptors (Lipinski definition) is 2. The molecule has 0 saturated carbocycles. The Morgan fingerprint density at radius 1 is 1.04 bits per heavy atom. The number of amides is 1. The number of carbonyl (C=O) groups is 1. The van der Waals surface area contributed by atoms with Gasteiger partial charge in [0.15, 0.2) is 6.54 Å². The van der Waals surface area contributed by atoms with E-state index >= 15 is 0 Å². The van der Waals surface area contributed by atoms with Gasteiger partial charge in [-0.25, -0.2) is 0 Å². The summed E-state index contributed by atoms with van der Waals surface area (Å²) >= 11 is 6.09. The normalized spacial score (nSPS) is 15.9. The Morgan fingerprint density at radius 2 is 1.74 bits per heavy atom. The summed E-state index contributed by atoms with van der Waals surface area (Å²) in [6.07, 6.45) is 0. The molecule has 0 unspecified atom stereocenters. The highest BCUT2D eigenvalue weighted by Crippen LogP contribution is 2.21. The molecule has 1 fully saturated rings. The zero-order chi connectivity index (χ0) is 19.2. The molecule has 1 atom stereocenters. The van der Waals surface area contributed by atoms with E-state index in [0.29, 0.717) is 18.5 Å². The van der Waals surface area contributed by atoms with E-state index in [4.69, 9.17) is 11.6 Å². The molecule has 0 spiro atoms. The van der Waals surface area contributed by atoms with E-state index in [1.54, 1.807) is 0 Å². The first-order valence-corrected chi connectivity index (χ1v) is 10.1. The quantitative estimate of drug-likeness (QED) is 0.829. The van der Waals surface area contributed by atoms with Crippen LogP contribution in [0.2, 0.25) is 5.02 Å². The van der Waals surface area contributed by atoms with Gasteiger partial charge in [0.25, 0.3) is 5.91 Å². The largest absolute Gasteiger partial charge is 0.368 e. The molecule has 0 aromatic heterocycles. The molecule has 1 aliphatic heterocycles. The van der Waals surface area contributed by atoms with Crippen LogP contribution in [-0.2, 0) is 4.79 Å². The predicted molar refractivity (Wildman–Crippen MR) is 111 cm³/mol. The van der Waals surface area contributed by atoms with E-state index < -0.39 is 0 Å². The Morgan fingerprint density at radius 3 is 2.37 bits per heavy atom. The number of piperazine rings is 1. The molecule has 1 aliphatic rings. The van der Waals surface area contributed by atoms with Gasteiger partial charge in [-0.1, -0.05) is 61.8 Å². The number of quaternary nitrogens is 1. The van der Waals surface area contributed by atoms with Crippen molar-refractivity contribution in [2.75, 3.05) is 37.6 Å². The standard InChI is InChI=1S/C22H28ClN3O/c1-17(2)22(18-7-4-3-5-8-18)24-16-21(27)26-13-11-25(12-14-26)20-10-6-9-19(23)15-20/h3-10,15,17,22,24H,11-14,16H2,1-2H3/p+1/t22-/m1/s1. The summed E-state index contributed by atoms with van der Waals surface area (Å²) in [4.78, 5) is 17.0. The maximum atomic E-state index is 12.7. The molecule has 2 N–H and O–H groups in total. The summed E-state index contributed by atoms with van der Waals surface area (Å²) in [5, 5.41) is 2.94. The predicted octanol–water partition coefficient (Wildman–Crippen LogP) is 2.95. The van der Waals surface area contributed by atoms with Gasteiger partial charge in [0, 0.05) is 48.4 Å². The fourth-order valence-electron chi connectivity index (χ4n) is 3.71. The van der Waals surface area contributed by atoms with Crippen molar-refractivity contribution >= 4 is 23.2 Å². The van der Waals surface area contributed by atoms with Gasteiger partial charge < -0.3 is 15.1 Å². The van der Waals surface area contributed by atoms with E-state index in [1.807, 2.05) is 29.2 Å². The summed E-state index contributed by atoms with van der Waals surface area (Å²) < 4.78 is 0. The molecular weight excluding hydrogens is 358 g/mol. The lowest BCUT2D eigenvalue weighted by Gasteiger charge is -2.36. The summed E-state index contributed by atoms with van der Waals surface area (Å²) in [5.41, 5.74) is 2.41. The van der Waals surface area contributed by atoms with Crippen molar-refractivity contribution in [2.24, 2.45) is 5.92 Å². The third kappa shape index (κ3) is 5.24. The zero-order valence-electron chi connectivity index (χ0n) is 16.1. The number of hydrogen-bond donors (Lipinski definition) is 1. The maximum Gasteiger partial charge on any atom is 0.277 e. The van der Waals surface area contributed by atoms with Gasteiger partial charge in [-0.2, -0.15) is 0 Å². The molecule has 27 heavy (non-hydrogen) atoms. The number of halogens is 1. The lowest BCUT2D eigenvalue weighted by Crippen LogP contribution is -2.88. The fourth-order valence-corrected chi connectivity index (χ4v) is 3.90. The van der Waals surface area contributed by atoms with Crippen molar-refractivity contribution in [1.82, 2.24) is 4.90 Å². The van der Waals surface area contributed by atoms with Crippen LogP contribution in [0.3, 0.4) is 0 Å². The first-order valence-electron chi connectivity index (χ1n) is 9.71. The second kappa shape index (κ2) is 9.25. The second-order valence-electron chi connectivity index (χ2n) is 7.47. The van der Waals surface area contributed by atoms with Crippen LogP contribution in [0.25, 0.3) is 0 Å². The molecule has 144 valence electrons. The molecule has 1 amide bonds. The topological polar surface area (TPSA) is 40.2 Å². The minimum Gasteiger partial charge on any atom is -0.368 e. The lowest BCUT2D eigenvalue weighted by atomic mass is 9.96. The van der Waals surface area contributed by atoms with E-state index in [9.17, 15) is 4.79 Å². The van der Waals surface area contributed by atoms with Gasteiger partial charge in [-0.05, 0) is 18.2 Å². The Bertz CT molecular complexity index is 742. The van der Waals surface area contributed by atoms with Crippen molar-refractivity contribution in [3.05, 3.63) is 65.2 Å². The number of nitrogens with two attached hydrogens (primary N) is 1. The number of carbonyl (C=O) groups excluding carboxylic acids is 1. The van der Waals surface area contributed by atoms with Crippen LogP contribution in [0.4, 0.5) is 5.69 Å². The molecule has 0 aliphatic carbocycles. The average molecular weight is 387 g/mol. The van der Waals surface area contributed by atoms with Crippen molar-refractivity contribution in [1.29, 1.82) is 0 Å². The van der Waals surface area contributed by atoms with Crippen LogP contribution in [-0.4, -0.2) is 43.5 Å². The van der Waals surface area contributed by atoms with Crippen LogP contribution >= 0.6 is 11.6 Å². The SMILES string of the molecule is CC(C)[C@@H]([NH2+]CC(=O)N1CCN(c2cccc(Cl)c2)CC1)c1ccccc1. The third-order valence-electron chi connectivity index (χ3n) is 5.25. The number of nitrogens with zero attached hydrogens (tertiary/aromatic N) is 2. The maximum absolute atomic E-state index is 12.7. The van der Waals surface area contributed by atoms with Crippen LogP contribution in [0.5, 0.6) is 0 Å². The molecule has 1 heterocycles. The van der Waals surface area contributed by atoms with Crippen LogP contribution in [0.1, 0.15) is 25.5 Å². The highest BCUT2D eigenvalue weighted by atomic mass is 35.5. The summed E-state index contributed by atoms with van der Waals surface area (Å²) in [7, 11) is 0. The Kier molecular flexibility index (Phi) is 6.75. The van der Waals surface area contributed by atoms with Gasteiger partial charge >= 0.3 is 0 Å². The monoisotopic (exact) mass is 386 g/mol. The highest BCUT2D eigenvalue weighted by Gasteiger charge is 2.25. The van der Waals surface area contributed by atoms with Crippen LogP contribution in [0.15, 0.2) is 54.6 Å². The molecular formula is C22H29ClN3O+. The highest BCUT2D eigenvalue weighted by molar-refractivity contribution is 6.30. The van der Waals surface area contributed by atoms with Gasteiger partial charge in [-0.15, -0.1) is 0 Å². The van der Waals surface area contributed by atoms with Crippen LogP contribution in [0, 0.1) is 5.92 Å². The molecule has 1 saturated heterocycles.